The lowest BCUT2D eigenvalue weighted by molar-refractivity contribution is -0.0382. The Morgan fingerprint density at radius 1 is 0.944 bits per heavy atom. The number of halogens is 3. The number of amides is 2. The Bertz CT molecular complexity index is 1150. The molecule has 2 saturated heterocycles. The molecule has 2 aromatic carbocycles. The maximum Gasteiger partial charge on any atom is 0.412 e. The van der Waals surface area contributed by atoms with Gasteiger partial charge in [0, 0.05) is 38.0 Å². The number of hydrogen-bond donors (Lipinski definition) is 1. The predicted molar refractivity (Wildman–Crippen MR) is 125 cm³/mol. The smallest absolute Gasteiger partial charge is 0.412 e. The van der Waals surface area contributed by atoms with Crippen molar-refractivity contribution < 1.29 is 32.2 Å². The molecule has 2 aromatic rings. The number of unbranched alkanes of at least 4 members (excludes halogenated alkanes) is 2. The molecule has 0 bridgehead atoms. The van der Waals surface area contributed by atoms with Crippen LogP contribution in [0, 0.1) is 17.5 Å². The average molecular weight is 504 g/mol. The molecule has 0 unspecified atom stereocenters. The molecule has 3 heterocycles. The zero-order valence-electron chi connectivity index (χ0n) is 19.8. The van der Waals surface area contributed by atoms with Gasteiger partial charge < -0.3 is 14.4 Å². The van der Waals surface area contributed by atoms with Gasteiger partial charge in [-0.15, -0.1) is 0 Å². The SMILES string of the molecule is O=C1Nc2ccc(F)cc2C2(CCN(CCCCCN3C(=O)OC[C@@H]3c3ccc(F)c(F)c3)CC2)O1. The highest BCUT2D eigenvalue weighted by molar-refractivity contribution is 5.88. The van der Waals surface area contributed by atoms with Crippen molar-refractivity contribution in [3.8, 4) is 0 Å². The third kappa shape index (κ3) is 4.86. The topological polar surface area (TPSA) is 71.1 Å². The normalized spacial score (nSPS) is 21.2. The quantitative estimate of drug-likeness (QED) is 0.518. The van der Waals surface area contributed by atoms with Crippen molar-refractivity contribution in [3.63, 3.8) is 0 Å². The van der Waals surface area contributed by atoms with Gasteiger partial charge in [0.2, 0.25) is 0 Å². The van der Waals surface area contributed by atoms with E-state index in [9.17, 15) is 22.8 Å². The number of anilines is 1. The molecule has 0 aromatic heterocycles. The summed E-state index contributed by atoms with van der Waals surface area (Å²) in [6, 6.07) is 7.58. The van der Waals surface area contributed by atoms with Crippen LogP contribution in [-0.2, 0) is 15.1 Å². The van der Waals surface area contributed by atoms with E-state index in [1.165, 1.54) is 18.2 Å². The molecular weight excluding hydrogens is 475 g/mol. The van der Waals surface area contributed by atoms with E-state index in [0.29, 0.717) is 36.2 Å². The summed E-state index contributed by atoms with van der Waals surface area (Å²) in [5.41, 5.74) is 1.00. The minimum Gasteiger partial charge on any atom is -0.447 e. The molecule has 1 N–H and O–H groups in total. The molecule has 0 saturated carbocycles. The standard InChI is InChI=1S/C26H28F3N3O4/c27-18-5-7-22-19(15-18)26(36-24(33)30-22)8-12-31(13-9-26)10-2-1-3-11-32-23(16-35-25(32)34)17-4-6-20(28)21(29)14-17/h4-7,14-15,23H,1-3,8-13,16H2,(H,30,33)/t23-/m1/s1. The van der Waals surface area contributed by atoms with Crippen LogP contribution >= 0.6 is 0 Å². The van der Waals surface area contributed by atoms with Gasteiger partial charge in [-0.1, -0.05) is 12.5 Å². The van der Waals surface area contributed by atoms with Crippen LogP contribution in [0.3, 0.4) is 0 Å². The summed E-state index contributed by atoms with van der Waals surface area (Å²) < 4.78 is 51.6. The number of nitrogens with one attached hydrogen (secondary N) is 1. The zero-order valence-corrected chi connectivity index (χ0v) is 19.8. The van der Waals surface area contributed by atoms with Gasteiger partial charge >= 0.3 is 12.2 Å². The van der Waals surface area contributed by atoms with E-state index in [2.05, 4.69) is 10.2 Å². The molecule has 0 aliphatic carbocycles. The monoisotopic (exact) mass is 503 g/mol. The summed E-state index contributed by atoms with van der Waals surface area (Å²) in [4.78, 5) is 28.1. The largest absolute Gasteiger partial charge is 0.447 e. The van der Waals surface area contributed by atoms with Gasteiger partial charge in [-0.3, -0.25) is 10.2 Å². The number of cyclic esters (lactones) is 1. The summed E-state index contributed by atoms with van der Waals surface area (Å²) >= 11 is 0. The number of ether oxygens (including phenoxy) is 2. The van der Waals surface area contributed by atoms with Gasteiger partial charge in [0.25, 0.3) is 0 Å². The number of hydrogen-bond acceptors (Lipinski definition) is 5. The van der Waals surface area contributed by atoms with E-state index in [-0.39, 0.29) is 12.4 Å². The molecule has 7 nitrogen and oxygen atoms in total. The van der Waals surface area contributed by atoms with Crippen molar-refractivity contribution in [2.75, 3.05) is 38.1 Å². The predicted octanol–water partition coefficient (Wildman–Crippen LogP) is 5.32. The second kappa shape index (κ2) is 10.0. The molecule has 10 heteroatoms. The van der Waals surface area contributed by atoms with Crippen LogP contribution in [0.1, 0.15) is 49.3 Å². The summed E-state index contributed by atoms with van der Waals surface area (Å²) in [6.45, 7) is 2.89. The number of fused-ring (bicyclic) bond motifs is 2. The molecular formula is C26H28F3N3O4. The van der Waals surface area contributed by atoms with Crippen molar-refractivity contribution >= 4 is 17.9 Å². The molecule has 2 amide bonds. The second-order valence-electron chi connectivity index (χ2n) is 9.56. The Labute approximate surface area is 207 Å². The lowest BCUT2D eigenvalue weighted by atomic mass is 9.82. The fourth-order valence-corrected chi connectivity index (χ4v) is 5.37. The number of rotatable bonds is 7. The first-order valence-corrected chi connectivity index (χ1v) is 12.3. The van der Waals surface area contributed by atoms with Crippen molar-refractivity contribution in [1.29, 1.82) is 0 Å². The Balaban J connectivity index is 1.09. The Kier molecular flexibility index (Phi) is 6.79. The number of benzene rings is 2. The van der Waals surface area contributed by atoms with E-state index in [1.54, 1.807) is 11.0 Å². The molecule has 0 radical (unpaired) electrons. The van der Waals surface area contributed by atoms with E-state index in [0.717, 1.165) is 51.0 Å². The Morgan fingerprint density at radius 2 is 1.72 bits per heavy atom. The Hall–Kier alpha value is -3.27. The van der Waals surface area contributed by atoms with Gasteiger partial charge in [-0.05, 0) is 55.3 Å². The minimum atomic E-state index is -0.942. The van der Waals surface area contributed by atoms with Crippen LogP contribution < -0.4 is 5.32 Å². The van der Waals surface area contributed by atoms with E-state index < -0.39 is 35.5 Å². The fraction of sp³-hybridized carbons (Fsp3) is 0.462. The first-order chi connectivity index (χ1) is 17.3. The first-order valence-electron chi connectivity index (χ1n) is 12.3. The number of likely N-dealkylation sites (tertiary alicyclic amines) is 1. The molecule has 2 fully saturated rings. The van der Waals surface area contributed by atoms with E-state index >= 15 is 0 Å². The van der Waals surface area contributed by atoms with Gasteiger partial charge in [0.15, 0.2) is 11.6 Å². The van der Waals surface area contributed by atoms with Crippen molar-refractivity contribution in [1.82, 2.24) is 9.80 Å². The van der Waals surface area contributed by atoms with Crippen molar-refractivity contribution in [2.24, 2.45) is 0 Å². The summed E-state index contributed by atoms with van der Waals surface area (Å²) in [5, 5.41) is 2.65. The maximum absolute atomic E-state index is 13.9. The third-order valence-corrected chi connectivity index (χ3v) is 7.34. The zero-order chi connectivity index (χ0) is 25.3. The van der Waals surface area contributed by atoms with Gasteiger partial charge in [0.1, 0.15) is 18.0 Å². The van der Waals surface area contributed by atoms with Crippen LogP contribution in [0.25, 0.3) is 0 Å². The maximum atomic E-state index is 13.9. The van der Waals surface area contributed by atoms with E-state index in [4.69, 9.17) is 9.47 Å². The lowest BCUT2D eigenvalue weighted by Gasteiger charge is -2.44. The molecule has 3 aliphatic rings. The van der Waals surface area contributed by atoms with Gasteiger partial charge in [-0.2, -0.15) is 0 Å². The van der Waals surface area contributed by atoms with Crippen molar-refractivity contribution in [3.05, 3.63) is 65.0 Å². The lowest BCUT2D eigenvalue weighted by Crippen LogP contribution is -2.48. The number of carbonyl (C=O) groups is 2. The van der Waals surface area contributed by atoms with Crippen LogP contribution in [0.4, 0.5) is 28.4 Å². The van der Waals surface area contributed by atoms with Crippen LogP contribution in [0.2, 0.25) is 0 Å². The third-order valence-electron chi connectivity index (χ3n) is 7.34. The average Bonchev–Trinajstić information content (AvgIpc) is 3.22. The molecule has 1 spiro atoms. The molecule has 36 heavy (non-hydrogen) atoms. The highest BCUT2D eigenvalue weighted by Crippen LogP contribution is 2.43. The summed E-state index contributed by atoms with van der Waals surface area (Å²) in [5.74, 6) is -2.22. The molecule has 5 rings (SSSR count). The Morgan fingerprint density at radius 3 is 2.50 bits per heavy atom. The van der Waals surface area contributed by atoms with Gasteiger partial charge in [-0.25, -0.2) is 22.8 Å². The molecule has 3 aliphatic heterocycles. The number of piperidine rings is 1. The van der Waals surface area contributed by atoms with Crippen LogP contribution in [0.15, 0.2) is 36.4 Å². The second-order valence-corrected chi connectivity index (χ2v) is 9.56. The van der Waals surface area contributed by atoms with Crippen LogP contribution in [0.5, 0.6) is 0 Å². The fourth-order valence-electron chi connectivity index (χ4n) is 5.37. The molecule has 192 valence electrons. The molecule has 1 atom stereocenters. The van der Waals surface area contributed by atoms with Crippen molar-refractivity contribution in [2.45, 2.75) is 43.7 Å². The minimum absolute atomic E-state index is 0.118. The number of carbonyl (C=O) groups excluding carboxylic acids is 2. The highest BCUT2D eigenvalue weighted by atomic mass is 19.2. The van der Waals surface area contributed by atoms with Crippen LogP contribution in [-0.4, -0.2) is 54.8 Å². The highest BCUT2D eigenvalue weighted by Gasteiger charge is 2.44. The summed E-state index contributed by atoms with van der Waals surface area (Å²) in [7, 11) is 0. The first kappa shape index (κ1) is 24.4. The summed E-state index contributed by atoms with van der Waals surface area (Å²) in [6.07, 6.45) is 2.77. The van der Waals surface area contributed by atoms with Gasteiger partial charge in [0.05, 0.1) is 11.7 Å². The van der Waals surface area contributed by atoms with E-state index in [1.807, 2.05) is 0 Å². The number of nitrogens with zero attached hydrogens (tertiary/aromatic N) is 2.